The summed E-state index contributed by atoms with van der Waals surface area (Å²) in [5.74, 6) is -0.856. The first-order valence-electron chi connectivity index (χ1n) is 6.35. The molecular weight excluding hydrogens is 228 g/mol. The molecule has 1 aromatic carbocycles. The lowest BCUT2D eigenvalue weighted by Gasteiger charge is -2.18. The van der Waals surface area contributed by atoms with Crippen molar-refractivity contribution < 1.29 is 9.59 Å². The van der Waals surface area contributed by atoms with E-state index in [-0.39, 0.29) is 0 Å². The maximum absolute atomic E-state index is 11.5. The Morgan fingerprint density at radius 3 is 1.50 bits per heavy atom. The Kier molecular flexibility index (Phi) is 3.65. The van der Waals surface area contributed by atoms with Gasteiger partial charge in [-0.3, -0.25) is 9.59 Å². The Morgan fingerprint density at radius 2 is 1.17 bits per heavy atom. The summed E-state index contributed by atoms with van der Waals surface area (Å²) in [6, 6.07) is 3.26. The smallest absolute Gasteiger partial charge is 0.248 e. The fourth-order valence-corrected chi connectivity index (χ4v) is 2.68. The molecule has 2 amide bonds. The Bertz CT molecular complexity index is 450. The highest BCUT2D eigenvalue weighted by Crippen LogP contribution is 2.26. The van der Waals surface area contributed by atoms with Gasteiger partial charge in [0, 0.05) is 11.1 Å². The quantitative estimate of drug-likeness (QED) is 0.829. The van der Waals surface area contributed by atoms with Crippen molar-refractivity contribution in [3.8, 4) is 0 Å². The highest BCUT2D eigenvalue weighted by atomic mass is 16.1. The van der Waals surface area contributed by atoms with Gasteiger partial charge in [0.1, 0.15) is 0 Å². The van der Waals surface area contributed by atoms with E-state index in [1.165, 1.54) is 0 Å². The lowest BCUT2D eigenvalue weighted by Crippen LogP contribution is -2.21. The number of hydrogen-bond donors (Lipinski definition) is 2. The second-order valence-electron chi connectivity index (χ2n) is 4.76. The van der Waals surface area contributed by atoms with Gasteiger partial charge in [0.15, 0.2) is 0 Å². The van der Waals surface area contributed by atoms with E-state index in [9.17, 15) is 9.59 Å². The number of fused-ring (bicyclic) bond motifs is 1. The van der Waals surface area contributed by atoms with Crippen molar-refractivity contribution in [1.82, 2.24) is 0 Å². The van der Waals surface area contributed by atoms with Crippen molar-refractivity contribution in [2.24, 2.45) is 11.5 Å². The monoisotopic (exact) mass is 246 g/mol. The van der Waals surface area contributed by atoms with E-state index >= 15 is 0 Å². The molecule has 1 aromatic rings. The molecule has 0 fully saturated rings. The summed E-state index contributed by atoms with van der Waals surface area (Å²) in [5, 5.41) is 0. The number of benzene rings is 1. The van der Waals surface area contributed by atoms with Crippen LogP contribution in [0.5, 0.6) is 0 Å². The number of hydrogen-bond acceptors (Lipinski definition) is 2. The predicted octanol–water partition coefficient (Wildman–Crippen LogP) is 1.54. The molecule has 0 radical (unpaired) electrons. The van der Waals surface area contributed by atoms with Crippen LogP contribution in [0.4, 0.5) is 0 Å². The molecule has 1 aliphatic rings. The summed E-state index contributed by atoms with van der Waals surface area (Å²) in [4.78, 5) is 22.9. The number of primary amides is 2. The topological polar surface area (TPSA) is 86.2 Å². The molecule has 0 saturated carbocycles. The van der Waals surface area contributed by atoms with Gasteiger partial charge in [-0.1, -0.05) is 12.8 Å². The van der Waals surface area contributed by atoms with Crippen LogP contribution in [0.2, 0.25) is 0 Å². The maximum atomic E-state index is 11.5. The number of carbonyl (C=O) groups excluding carboxylic acids is 2. The molecule has 0 unspecified atom stereocenters. The molecule has 18 heavy (non-hydrogen) atoms. The molecule has 96 valence electrons. The zero-order valence-electron chi connectivity index (χ0n) is 10.4. The molecule has 0 aromatic heterocycles. The Morgan fingerprint density at radius 1 is 0.778 bits per heavy atom. The zero-order chi connectivity index (χ0) is 13.1. The van der Waals surface area contributed by atoms with Gasteiger partial charge in [0.05, 0.1) is 0 Å². The van der Waals surface area contributed by atoms with Gasteiger partial charge in [-0.15, -0.1) is 0 Å². The first-order valence-corrected chi connectivity index (χ1v) is 6.35. The fourth-order valence-electron chi connectivity index (χ4n) is 2.68. The van der Waals surface area contributed by atoms with Gasteiger partial charge in [-0.05, 0) is 48.9 Å². The minimum atomic E-state index is -0.428. The molecule has 0 bridgehead atoms. The van der Waals surface area contributed by atoms with Crippen molar-refractivity contribution >= 4 is 11.8 Å². The third-order valence-corrected chi connectivity index (χ3v) is 3.57. The second-order valence-corrected chi connectivity index (χ2v) is 4.76. The highest BCUT2D eigenvalue weighted by Gasteiger charge is 2.19. The number of carbonyl (C=O) groups is 2. The van der Waals surface area contributed by atoms with Gasteiger partial charge in [-0.2, -0.15) is 0 Å². The molecule has 2 rings (SSSR count). The lowest BCUT2D eigenvalue weighted by atomic mass is 9.86. The van der Waals surface area contributed by atoms with Crippen LogP contribution < -0.4 is 11.5 Å². The van der Waals surface area contributed by atoms with Gasteiger partial charge in [0.25, 0.3) is 0 Å². The standard InChI is InChI=1S/C14H18N2O2/c15-13(17)11-7-8-12(14(16)18)10-6-4-2-1-3-5-9(10)11/h7-8H,1-6H2,(H2,15,17)(H2,16,18). The Labute approximate surface area is 106 Å². The summed E-state index contributed by atoms with van der Waals surface area (Å²) >= 11 is 0. The van der Waals surface area contributed by atoms with Crippen LogP contribution in [-0.4, -0.2) is 11.8 Å². The highest BCUT2D eigenvalue weighted by molar-refractivity contribution is 5.99. The van der Waals surface area contributed by atoms with Crippen LogP contribution in [0.25, 0.3) is 0 Å². The molecule has 4 N–H and O–H groups in total. The van der Waals surface area contributed by atoms with Crippen molar-refractivity contribution in [2.45, 2.75) is 38.5 Å². The fraction of sp³-hybridized carbons (Fsp3) is 0.429. The zero-order valence-corrected chi connectivity index (χ0v) is 10.4. The first kappa shape index (κ1) is 12.6. The van der Waals surface area contributed by atoms with Gasteiger partial charge in [0.2, 0.25) is 11.8 Å². The van der Waals surface area contributed by atoms with Gasteiger partial charge < -0.3 is 11.5 Å². The Balaban J connectivity index is 2.59. The molecule has 0 atom stereocenters. The average Bonchev–Trinajstić information content (AvgIpc) is 2.27. The molecule has 1 aliphatic carbocycles. The van der Waals surface area contributed by atoms with Gasteiger partial charge in [-0.25, -0.2) is 0 Å². The molecule has 0 aliphatic heterocycles. The number of nitrogens with two attached hydrogens (primary N) is 2. The second kappa shape index (κ2) is 5.21. The number of amides is 2. The first-order chi connectivity index (χ1) is 8.61. The normalized spacial score (nSPS) is 15.3. The van der Waals surface area contributed by atoms with Crippen LogP contribution >= 0.6 is 0 Å². The van der Waals surface area contributed by atoms with Crippen molar-refractivity contribution in [1.29, 1.82) is 0 Å². The summed E-state index contributed by atoms with van der Waals surface area (Å²) in [6.45, 7) is 0. The molecule has 4 nitrogen and oxygen atoms in total. The van der Waals surface area contributed by atoms with E-state index in [1.54, 1.807) is 12.1 Å². The minimum absolute atomic E-state index is 0.428. The summed E-state index contributed by atoms with van der Waals surface area (Å²) in [7, 11) is 0. The third kappa shape index (κ3) is 2.37. The van der Waals surface area contributed by atoms with Crippen molar-refractivity contribution in [3.05, 3.63) is 34.4 Å². The van der Waals surface area contributed by atoms with Crippen LogP contribution in [0.15, 0.2) is 12.1 Å². The van der Waals surface area contributed by atoms with E-state index in [0.717, 1.165) is 49.7 Å². The van der Waals surface area contributed by atoms with Crippen LogP contribution in [0.3, 0.4) is 0 Å². The van der Waals surface area contributed by atoms with E-state index in [0.29, 0.717) is 11.1 Å². The SMILES string of the molecule is NC(=O)c1ccc(C(N)=O)c2c1CCCCCC2. The van der Waals surface area contributed by atoms with E-state index in [2.05, 4.69) is 0 Å². The summed E-state index contributed by atoms with van der Waals surface area (Å²) < 4.78 is 0. The molecule has 4 heteroatoms. The molecular formula is C14H18N2O2. The van der Waals surface area contributed by atoms with Crippen molar-refractivity contribution in [3.63, 3.8) is 0 Å². The van der Waals surface area contributed by atoms with Crippen LogP contribution in [0.1, 0.15) is 57.5 Å². The third-order valence-electron chi connectivity index (χ3n) is 3.57. The van der Waals surface area contributed by atoms with E-state index < -0.39 is 11.8 Å². The Hall–Kier alpha value is -1.84. The largest absolute Gasteiger partial charge is 0.366 e. The predicted molar refractivity (Wildman–Crippen MR) is 69.4 cm³/mol. The lowest BCUT2D eigenvalue weighted by molar-refractivity contribution is 0.0986. The summed E-state index contributed by atoms with van der Waals surface area (Å²) in [5.41, 5.74) is 13.7. The van der Waals surface area contributed by atoms with E-state index in [4.69, 9.17) is 11.5 Å². The minimum Gasteiger partial charge on any atom is -0.366 e. The van der Waals surface area contributed by atoms with E-state index in [1.807, 2.05) is 0 Å². The van der Waals surface area contributed by atoms with Crippen LogP contribution in [0, 0.1) is 0 Å². The van der Waals surface area contributed by atoms with Gasteiger partial charge >= 0.3 is 0 Å². The molecule has 0 heterocycles. The van der Waals surface area contributed by atoms with Crippen LogP contribution in [-0.2, 0) is 12.8 Å². The number of rotatable bonds is 2. The summed E-state index contributed by atoms with van der Waals surface area (Å²) in [6.07, 6.45) is 5.95. The maximum Gasteiger partial charge on any atom is 0.248 e. The molecule has 0 spiro atoms. The molecule has 0 saturated heterocycles. The average molecular weight is 246 g/mol. The van der Waals surface area contributed by atoms with Crippen molar-refractivity contribution in [2.75, 3.05) is 0 Å².